The Hall–Kier alpha value is -4.51. The molecule has 3 rings (SSSR count). The zero-order chi connectivity index (χ0) is 24.0. The second-order valence-corrected chi connectivity index (χ2v) is 7.08. The molecule has 8 heteroatoms. The minimum atomic E-state index is -0.305. The van der Waals surface area contributed by atoms with E-state index in [4.69, 9.17) is 15.2 Å². The molecule has 0 aliphatic rings. The van der Waals surface area contributed by atoms with Gasteiger partial charge in [0.2, 0.25) is 0 Å². The number of aryl methyl sites for hydroxylation is 1. The SMILES string of the molecule is CNC(=O)c1cnc(C#Cc2cc(C(=O)Nc3cc(OC)cc(OC)c3)ccc2C)c(N)c1. The van der Waals surface area contributed by atoms with Crippen molar-refractivity contribution < 1.29 is 19.1 Å². The number of ether oxygens (including phenoxy) is 2. The number of nitrogens with two attached hydrogens (primary N) is 1. The standard InChI is InChI=1S/C25H24N4O4/c1-15-5-6-17(25(31)29-19-11-20(32-3)13-21(12-19)33-4)9-16(15)7-8-23-22(26)10-18(14-28-23)24(30)27-2/h5-6,9-14H,26H2,1-4H3,(H,27,30)(H,29,31). The van der Waals surface area contributed by atoms with Gasteiger partial charge in [-0.05, 0) is 36.6 Å². The molecule has 0 atom stereocenters. The molecule has 0 bridgehead atoms. The van der Waals surface area contributed by atoms with Gasteiger partial charge in [-0.3, -0.25) is 9.59 Å². The van der Waals surface area contributed by atoms with Gasteiger partial charge in [0.15, 0.2) is 0 Å². The lowest BCUT2D eigenvalue weighted by Gasteiger charge is -2.10. The molecule has 0 saturated carbocycles. The van der Waals surface area contributed by atoms with Gasteiger partial charge in [0, 0.05) is 48.3 Å². The van der Waals surface area contributed by atoms with Crippen LogP contribution in [0.3, 0.4) is 0 Å². The van der Waals surface area contributed by atoms with Crippen LogP contribution in [0.5, 0.6) is 11.5 Å². The smallest absolute Gasteiger partial charge is 0.255 e. The maximum Gasteiger partial charge on any atom is 0.255 e. The summed E-state index contributed by atoms with van der Waals surface area (Å²) in [5, 5.41) is 5.36. The fourth-order valence-electron chi connectivity index (χ4n) is 2.96. The highest BCUT2D eigenvalue weighted by Gasteiger charge is 2.11. The van der Waals surface area contributed by atoms with Crippen LogP contribution >= 0.6 is 0 Å². The minimum absolute atomic E-state index is 0.281. The molecule has 0 fully saturated rings. The summed E-state index contributed by atoms with van der Waals surface area (Å²) in [5.41, 5.74) is 9.51. The Morgan fingerprint density at radius 1 is 0.939 bits per heavy atom. The van der Waals surface area contributed by atoms with E-state index in [1.807, 2.05) is 13.0 Å². The summed E-state index contributed by atoms with van der Waals surface area (Å²) < 4.78 is 10.5. The highest BCUT2D eigenvalue weighted by atomic mass is 16.5. The molecule has 0 unspecified atom stereocenters. The van der Waals surface area contributed by atoms with E-state index < -0.39 is 0 Å². The molecule has 0 spiro atoms. The van der Waals surface area contributed by atoms with Crippen molar-refractivity contribution in [1.29, 1.82) is 0 Å². The summed E-state index contributed by atoms with van der Waals surface area (Å²) in [7, 11) is 4.61. The normalized spacial score (nSPS) is 9.94. The minimum Gasteiger partial charge on any atom is -0.497 e. The molecule has 0 aliphatic heterocycles. The van der Waals surface area contributed by atoms with Gasteiger partial charge in [-0.15, -0.1) is 0 Å². The number of anilines is 2. The van der Waals surface area contributed by atoms with Gasteiger partial charge in [0.1, 0.15) is 17.2 Å². The zero-order valence-corrected chi connectivity index (χ0v) is 18.8. The van der Waals surface area contributed by atoms with Gasteiger partial charge in [-0.1, -0.05) is 12.0 Å². The molecule has 33 heavy (non-hydrogen) atoms. The highest BCUT2D eigenvalue weighted by Crippen LogP contribution is 2.26. The van der Waals surface area contributed by atoms with Crippen LogP contribution < -0.4 is 25.8 Å². The van der Waals surface area contributed by atoms with E-state index in [2.05, 4.69) is 27.5 Å². The maximum atomic E-state index is 12.8. The molecule has 3 aromatic rings. The van der Waals surface area contributed by atoms with Crippen LogP contribution in [0.25, 0.3) is 0 Å². The monoisotopic (exact) mass is 444 g/mol. The molecule has 0 saturated heterocycles. The zero-order valence-electron chi connectivity index (χ0n) is 18.8. The van der Waals surface area contributed by atoms with E-state index in [0.29, 0.717) is 45.3 Å². The molecule has 0 radical (unpaired) electrons. The number of nitrogens with zero attached hydrogens (tertiary/aromatic N) is 1. The van der Waals surface area contributed by atoms with Crippen molar-refractivity contribution in [2.75, 3.05) is 32.3 Å². The second-order valence-electron chi connectivity index (χ2n) is 7.08. The van der Waals surface area contributed by atoms with Gasteiger partial charge >= 0.3 is 0 Å². The number of carbonyl (C=O) groups is 2. The Kier molecular flexibility index (Phi) is 7.16. The molecule has 0 aliphatic carbocycles. The predicted octanol–water partition coefficient (Wildman–Crippen LogP) is 3.00. The first-order chi connectivity index (χ1) is 15.8. The number of nitrogens with one attached hydrogen (secondary N) is 2. The van der Waals surface area contributed by atoms with Crippen molar-refractivity contribution in [3.05, 3.63) is 76.6 Å². The molecule has 8 nitrogen and oxygen atoms in total. The summed E-state index contributed by atoms with van der Waals surface area (Å²) in [4.78, 5) is 28.7. The molecule has 168 valence electrons. The van der Waals surface area contributed by atoms with Crippen molar-refractivity contribution in [3.63, 3.8) is 0 Å². The van der Waals surface area contributed by atoms with Gasteiger partial charge in [0.25, 0.3) is 11.8 Å². The van der Waals surface area contributed by atoms with E-state index in [-0.39, 0.29) is 11.8 Å². The lowest BCUT2D eigenvalue weighted by atomic mass is 10.0. The van der Waals surface area contributed by atoms with E-state index in [1.54, 1.807) is 44.6 Å². The fraction of sp³-hybridized carbons (Fsp3) is 0.160. The lowest BCUT2D eigenvalue weighted by molar-refractivity contribution is 0.0961. The quantitative estimate of drug-likeness (QED) is 0.521. The number of rotatable bonds is 5. The largest absolute Gasteiger partial charge is 0.497 e. The third-order valence-corrected chi connectivity index (χ3v) is 4.83. The molecule has 1 aromatic heterocycles. The van der Waals surface area contributed by atoms with E-state index in [9.17, 15) is 9.59 Å². The number of hydrogen-bond acceptors (Lipinski definition) is 6. The van der Waals surface area contributed by atoms with Crippen molar-refractivity contribution in [2.24, 2.45) is 0 Å². The Morgan fingerprint density at radius 3 is 2.24 bits per heavy atom. The van der Waals surface area contributed by atoms with Crippen LogP contribution in [0.15, 0.2) is 48.7 Å². The number of pyridine rings is 1. The molecule has 1 heterocycles. The van der Waals surface area contributed by atoms with Crippen molar-refractivity contribution in [3.8, 4) is 23.3 Å². The number of nitrogen functional groups attached to an aromatic ring is 1. The predicted molar refractivity (Wildman–Crippen MR) is 127 cm³/mol. The van der Waals surface area contributed by atoms with Crippen molar-refractivity contribution in [2.45, 2.75) is 6.92 Å². The number of amides is 2. The lowest BCUT2D eigenvalue weighted by Crippen LogP contribution is -2.18. The third kappa shape index (κ3) is 5.60. The number of hydrogen-bond donors (Lipinski definition) is 3. The number of benzene rings is 2. The highest BCUT2D eigenvalue weighted by molar-refractivity contribution is 6.04. The summed E-state index contributed by atoms with van der Waals surface area (Å²) in [6, 6.07) is 11.9. The third-order valence-electron chi connectivity index (χ3n) is 4.83. The summed E-state index contributed by atoms with van der Waals surface area (Å²) in [6.45, 7) is 1.89. The van der Waals surface area contributed by atoms with Crippen LogP contribution in [-0.4, -0.2) is 38.1 Å². The molecule has 2 amide bonds. The Labute approximate surface area is 192 Å². The van der Waals surface area contributed by atoms with Crippen molar-refractivity contribution in [1.82, 2.24) is 10.3 Å². The molecule has 2 aromatic carbocycles. The molecular formula is C25H24N4O4. The fourth-order valence-corrected chi connectivity index (χ4v) is 2.96. The van der Waals surface area contributed by atoms with Crippen molar-refractivity contribution >= 4 is 23.2 Å². The van der Waals surface area contributed by atoms with Crippen LogP contribution in [0, 0.1) is 18.8 Å². The maximum absolute atomic E-state index is 12.8. The Bertz CT molecular complexity index is 1250. The number of carbonyl (C=O) groups excluding carboxylic acids is 2. The molecule has 4 N–H and O–H groups in total. The first-order valence-electron chi connectivity index (χ1n) is 9.99. The Morgan fingerprint density at radius 2 is 1.64 bits per heavy atom. The van der Waals surface area contributed by atoms with Gasteiger partial charge in [-0.25, -0.2) is 4.98 Å². The first-order valence-corrected chi connectivity index (χ1v) is 9.99. The average Bonchev–Trinajstić information content (AvgIpc) is 2.83. The number of methoxy groups -OCH3 is 2. The van der Waals surface area contributed by atoms with E-state index in [1.165, 1.54) is 19.3 Å². The Balaban J connectivity index is 1.85. The van der Waals surface area contributed by atoms with Crippen LogP contribution in [0.1, 0.15) is 37.5 Å². The molecular weight excluding hydrogens is 420 g/mol. The first kappa shape index (κ1) is 23.2. The summed E-state index contributed by atoms with van der Waals surface area (Å²) in [5.74, 6) is 6.47. The van der Waals surface area contributed by atoms with E-state index >= 15 is 0 Å². The van der Waals surface area contributed by atoms with Crippen LogP contribution in [-0.2, 0) is 0 Å². The van der Waals surface area contributed by atoms with Crippen LogP contribution in [0.4, 0.5) is 11.4 Å². The topological polar surface area (TPSA) is 116 Å². The average molecular weight is 444 g/mol. The second kappa shape index (κ2) is 10.2. The van der Waals surface area contributed by atoms with Gasteiger partial charge in [0.05, 0.1) is 25.5 Å². The number of aromatic nitrogens is 1. The summed E-state index contributed by atoms with van der Waals surface area (Å²) >= 11 is 0. The van der Waals surface area contributed by atoms with Gasteiger partial charge in [-0.2, -0.15) is 0 Å². The van der Waals surface area contributed by atoms with Crippen LogP contribution in [0.2, 0.25) is 0 Å². The summed E-state index contributed by atoms with van der Waals surface area (Å²) in [6.07, 6.45) is 1.42. The van der Waals surface area contributed by atoms with Gasteiger partial charge < -0.3 is 25.8 Å². The van der Waals surface area contributed by atoms with E-state index in [0.717, 1.165) is 5.56 Å².